The Balaban J connectivity index is 1.96. The number of pyridine rings is 1. The summed E-state index contributed by atoms with van der Waals surface area (Å²) in [5.74, 6) is 0.451. The zero-order chi connectivity index (χ0) is 20.3. The second-order valence-electron chi connectivity index (χ2n) is 6.75. The quantitative estimate of drug-likeness (QED) is 0.597. The third kappa shape index (κ3) is 4.46. The van der Waals surface area contributed by atoms with Crippen LogP contribution in [0.5, 0.6) is 5.75 Å². The number of aliphatic hydroxyl groups is 1. The van der Waals surface area contributed by atoms with Crippen molar-refractivity contribution in [2.24, 2.45) is 0 Å². The van der Waals surface area contributed by atoms with Crippen LogP contribution in [0.4, 0.5) is 15.8 Å². The number of halogens is 2. The molecule has 3 aromatic rings. The normalized spacial score (nSPS) is 12.1. The Hall–Kier alpha value is -2.57. The Morgan fingerprint density at radius 3 is 2.57 bits per heavy atom. The molecule has 1 heterocycles. The second kappa shape index (κ2) is 8.63. The molecule has 0 aliphatic heterocycles. The summed E-state index contributed by atoms with van der Waals surface area (Å²) in [4.78, 5) is 6.79. The van der Waals surface area contributed by atoms with Crippen molar-refractivity contribution in [3.8, 4) is 17.0 Å². The van der Waals surface area contributed by atoms with Crippen molar-refractivity contribution in [3.05, 3.63) is 48.5 Å². The van der Waals surface area contributed by atoms with Crippen LogP contribution in [0, 0.1) is 0 Å². The number of rotatable bonds is 7. The van der Waals surface area contributed by atoms with Crippen LogP contribution in [0.3, 0.4) is 0 Å². The van der Waals surface area contributed by atoms with Crippen molar-refractivity contribution < 1.29 is 14.2 Å². The Labute approximate surface area is 169 Å². The van der Waals surface area contributed by atoms with Crippen molar-refractivity contribution in [1.29, 1.82) is 0 Å². The van der Waals surface area contributed by atoms with E-state index in [9.17, 15) is 9.50 Å². The highest BCUT2D eigenvalue weighted by atomic mass is 35.5. The molecule has 1 atom stereocenters. The Kier molecular flexibility index (Phi) is 6.21. The van der Waals surface area contributed by atoms with E-state index in [0.717, 1.165) is 27.8 Å². The number of benzene rings is 2. The molecule has 0 radical (unpaired) electrons. The van der Waals surface area contributed by atoms with E-state index < -0.39 is 12.8 Å². The number of nitrogens with zero attached hydrogens (tertiary/aromatic N) is 3. The largest absolute Gasteiger partial charge is 0.489 e. The zero-order valence-electron chi connectivity index (χ0n) is 16.1. The standard InChI is InChI=1S/C21H23ClFN3O2/c1-25(2)16-6-8-19-14(10-16)4-7-18(24-19)15-5-9-20(26(3)22)21(11-15)28-13-17(27)12-23/h4-11,17,27H,12-13H2,1-3H3. The monoisotopic (exact) mass is 403 g/mol. The first-order valence-corrected chi connectivity index (χ1v) is 9.21. The first-order chi connectivity index (χ1) is 13.4. The van der Waals surface area contributed by atoms with Crippen LogP contribution in [-0.4, -0.2) is 50.6 Å². The van der Waals surface area contributed by atoms with Crippen molar-refractivity contribution in [3.63, 3.8) is 0 Å². The minimum atomic E-state index is -1.18. The van der Waals surface area contributed by atoms with Crippen LogP contribution in [-0.2, 0) is 0 Å². The summed E-state index contributed by atoms with van der Waals surface area (Å²) in [6.45, 7) is -1.02. The number of hydrogen-bond donors (Lipinski definition) is 1. The molecule has 0 saturated carbocycles. The van der Waals surface area contributed by atoms with Crippen molar-refractivity contribution in [2.45, 2.75) is 6.10 Å². The molecule has 0 aliphatic rings. The van der Waals surface area contributed by atoms with E-state index in [1.165, 1.54) is 4.42 Å². The number of ether oxygens (including phenoxy) is 1. The van der Waals surface area contributed by atoms with Gasteiger partial charge in [0, 0.05) is 49.6 Å². The molecule has 0 fully saturated rings. The van der Waals surface area contributed by atoms with Gasteiger partial charge in [0.1, 0.15) is 25.1 Å². The number of aliphatic hydroxyl groups excluding tert-OH is 1. The maximum Gasteiger partial charge on any atom is 0.144 e. The van der Waals surface area contributed by atoms with Gasteiger partial charge in [0.25, 0.3) is 0 Å². The Bertz CT molecular complexity index is 966. The summed E-state index contributed by atoms with van der Waals surface area (Å²) < 4.78 is 19.5. The number of alkyl halides is 1. The molecule has 7 heteroatoms. The third-order valence-corrected chi connectivity index (χ3v) is 4.57. The molecule has 0 aliphatic carbocycles. The number of aromatic nitrogens is 1. The highest BCUT2D eigenvalue weighted by molar-refractivity contribution is 6.25. The minimum Gasteiger partial charge on any atom is -0.489 e. The van der Waals surface area contributed by atoms with Crippen molar-refractivity contribution >= 4 is 34.1 Å². The van der Waals surface area contributed by atoms with Crippen LogP contribution in [0.15, 0.2) is 48.5 Å². The average Bonchev–Trinajstić information content (AvgIpc) is 2.70. The van der Waals surface area contributed by atoms with Crippen LogP contribution in [0.2, 0.25) is 0 Å². The maximum absolute atomic E-state index is 12.5. The van der Waals surface area contributed by atoms with Crippen molar-refractivity contribution in [1.82, 2.24) is 4.98 Å². The Morgan fingerprint density at radius 2 is 1.89 bits per heavy atom. The fourth-order valence-electron chi connectivity index (χ4n) is 2.83. The second-order valence-corrected chi connectivity index (χ2v) is 7.25. The smallest absolute Gasteiger partial charge is 0.144 e. The van der Waals surface area contributed by atoms with Gasteiger partial charge < -0.3 is 14.7 Å². The fourth-order valence-corrected chi connectivity index (χ4v) is 2.97. The summed E-state index contributed by atoms with van der Waals surface area (Å²) in [5, 5.41) is 10.5. The Morgan fingerprint density at radius 1 is 1.11 bits per heavy atom. The first-order valence-electron chi connectivity index (χ1n) is 8.88. The summed E-state index contributed by atoms with van der Waals surface area (Å²) in [5.41, 5.74) is 4.24. The van der Waals surface area contributed by atoms with Gasteiger partial charge in [-0.3, -0.25) is 4.42 Å². The molecule has 148 valence electrons. The van der Waals surface area contributed by atoms with Crippen molar-refractivity contribution in [2.75, 3.05) is 43.7 Å². The van der Waals surface area contributed by atoms with Gasteiger partial charge in [0.2, 0.25) is 0 Å². The molecule has 1 N–H and O–H groups in total. The lowest BCUT2D eigenvalue weighted by molar-refractivity contribution is 0.0845. The maximum atomic E-state index is 12.5. The van der Waals surface area contributed by atoms with Gasteiger partial charge >= 0.3 is 0 Å². The van der Waals surface area contributed by atoms with E-state index in [1.807, 2.05) is 49.3 Å². The predicted octanol–water partition coefficient (Wildman–Crippen LogP) is 4.27. The van der Waals surface area contributed by atoms with Gasteiger partial charge in [0.15, 0.2) is 0 Å². The van der Waals surface area contributed by atoms with E-state index >= 15 is 0 Å². The SMILES string of the molecule is CN(C)c1ccc2nc(-c3ccc(N(C)Cl)c(OCC(O)CF)c3)ccc2c1. The number of anilines is 2. The van der Waals surface area contributed by atoms with E-state index in [2.05, 4.69) is 6.07 Å². The number of hydrogen-bond acceptors (Lipinski definition) is 5. The highest BCUT2D eigenvalue weighted by Gasteiger charge is 2.13. The summed E-state index contributed by atoms with van der Waals surface area (Å²) in [6.07, 6.45) is -1.18. The van der Waals surface area contributed by atoms with Gasteiger partial charge in [-0.1, -0.05) is 12.1 Å². The minimum absolute atomic E-state index is 0.157. The summed E-state index contributed by atoms with van der Waals surface area (Å²) in [7, 11) is 5.67. The molecule has 1 unspecified atom stereocenters. The molecule has 28 heavy (non-hydrogen) atoms. The molecule has 0 saturated heterocycles. The van der Waals surface area contributed by atoms with Gasteiger partial charge in [-0.15, -0.1) is 0 Å². The topological polar surface area (TPSA) is 48.8 Å². The average molecular weight is 404 g/mol. The predicted molar refractivity (Wildman–Crippen MR) is 113 cm³/mol. The molecule has 0 amide bonds. The molecule has 0 spiro atoms. The molecule has 1 aromatic heterocycles. The van der Waals surface area contributed by atoms with E-state index in [0.29, 0.717) is 11.4 Å². The molecular weight excluding hydrogens is 381 g/mol. The van der Waals surface area contributed by atoms with Crippen LogP contribution in [0.25, 0.3) is 22.2 Å². The lowest BCUT2D eigenvalue weighted by atomic mass is 10.1. The van der Waals surface area contributed by atoms with E-state index in [4.69, 9.17) is 21.5 Å². The third-order valence-electron chi connectivity index (χ3n) is 4.39. The molecule has 3 rings (SSSR count). The van der Waals surface area contributed by atoms with Gasteiger partial charge in [-0.05, 0) is 36.4 Å². The number of fused-ring (bicyclic) bond motifs is 1. The molecular formula is C21H23ClFN3O2. The molecule has 2 aromatic carbocycles. The van der Waals surface area contributed by atoms with Crippen LogP contribution < -0.4 is 14.1 Å². The lowest BCUT2D eigenvalue weighted by Crippen LogP contribution is -2.20. The first kappa shape index (κ1) is 20.2. The van der Waals surface area contributed by atoms with Gasteiger partial charge in [0.05, 0.1) is 16.9 Å². The van der Waals surface area contributed by atoms with Crippen LogP contribution in [0.1, 0.15) is 0 Å². The lowest BCUT2D eigenvalue weighted by Gasteiger charge is -2.18. The molecule has 5 nitrogen and oxygen atoms in total. The summed E-state index contributed by atoms with van der Waals surface area (Å²) >= 11 is 6.07. The summed E-state index contributed by atoms with van der Waals surface area (Å²) in [6, 6.07) is 15.6. The van der Waals surface area contributed by atoms with Crippen LogP contribution >= 0.6 is 11.8 Å². The highest BCUT2D eigenvalue weighted by Crippen LogP contribution is 2.34. The molecule has 0 bridgehead atoms. The van der Waals surface area contributed by atoms with E-state index in [1.54, 1.807) is 19.2 Å². The van der Waals surface area contributed by atoms with Gasteiger partial charge in [-0.2, -0.15) is 0 Å². The zero-order valence-corrected chi connectivity index (χ0v) is 16.8. The van der Waals surface area contributed by atoms with Gasteiger partial charge in [-0.25, -0.2) is 9.37 Å². The van der Waals surface area contributed by atoms with E-state index in [-0.39, 0.29) is 6.61 Å². The fraction of sp³-hybridized carbons (Fsp3) is 0.286.